The summed E-state index contributed by atoms with van der Waals surface area (Å²) in [7, 11) is 0. The molecule has 19 heavy (non-hydrogen) atoms. The quantitative estimate of drug-likeness (QED) is 0.482. The number of nitrogens with two attached hydrogens (primary N) is 1. The van der Waals surface area contributed by atoms with E-state index in [-0.39, 0.29) is 5.84 Å². The van der Waals surface area contributed by atoms with E-state index in [1.165, 1.54) is 0 Å². The lowest BCUT2D eigenvalue weighted by atomic mass is 10.1. The van der Waals surface area contributed by atoms with Gasteiger partial charge in [-0.25, -0.2) is 0 Å². The maximum atomic E-state index is 7.70. The van der Waals surface area contributed by atoms with E-state index >= 15 is 0 Å². The molecule has 1 aromatic heterocycles. The third-order valence-electron chi connectivity index (χ3n) is 3.21. The summed E-state index contributed by atoms with van der Waals surface area (Å²) >= 11 is 0. The first-order valence-corrected chi connectivity index (χ1v) is 5.92. The van der Waals surface area contributed by atoms with Gasteiger partial charge in [0.2, 0.25) is 0 Å². The van der Waals surface area contributed by atoms with Crippen molar-refractivity contribution in [1.82, 2.24) is 0 Å². The molecule has 3 aromatic rings. The van der Waals surface area contributed by atoms with Crippen LogP contribution in [0.4, 0.5) is 0 Å². The molecule has 0 amide bonds. The number of furan rings is 1. The SMILES string of the molecule is CC(=N)c1ccc2oc3ccc(C(=N)N)cc3c2c1. The van der Waals surface area contributed by atoms with E-state index in [4.69, 9.17) is 21.0 Å². The smallest absolute Gasteiger partial charge is 0.135 e. The summed E-state index contributed by atoms with van der Waals surface area (Å²) in [6, 6.07) is 11.1. The van der Waals surface area contributed by atoms with Crippen LogP contribution in [-0.4, -0.2) is 11.5 Å². The lowest BCUT2D eigenvalue weighted by Crippen LogP contribution is -2.10. The standard InChI is InChI=1S/C15H13N3O/c1-8(16)9-2-4-13-11(6-9)12-7-10(15(17)18)3-5-14(12)19-13/h2-7,16H,1H3,(H3,17,18). The molecular weight excluding hydrogens is 238 g/mol. The second-order valence-electron chi connectivity index (χ2n) is 4.56. The molecule has 0 radical (unpaired) electrons. The molecule has 0 aliphatic heterocycles. The minimum Gasteiger partial charge on any atom is -0.456 e. The van der Waals surface area contributed by atoms with E-state index in [1.807, 2.05) is 30.3 Å². The van der Waals surface area contributed by atoms with Crippen LogP contribution < -0.4 is 5.73 Å². The number of amidine groups is 1. The van der Waals surface area contributed by atoms with Crippen molar-refractivity contribution in [1.29, 1.82) is 10.8 Å². The molecule has 0 spiro atoms. The Morgan fingerprint density at radius 3 is 2.00 bits per heavy atom. The van der Waals surface area contributed by atoms with Gasteiger partial charge in [-0.1, -0.05) is 0 Å². The molecule has 0 unspecified atom stereocenters. The summed E-state index contributed by atoms with van der Waals surface area (Å²) in [6.07, 6.45) is 0. The highest BCUT2D eigenvalue weighted by molar-refractivity contribution is 6.10. The molecular formula is C15H13N3O. The van der Waals surface area contributed by atoms with E-state index in [0.29, 0.717) is 11.3 Å². The van der Waals surface area contributed by atoms with Crippen LogP contribution in [0.1, 0.15) is 18.1 Å². The van der Waals surface area contributed by atoms with Crippen molar-refractivity contribution in [3.63, 3.8) is 0 Å². The molecule has 4 heteroatoms. The predicted molar refractivity (Wildman–Crippen MR) is 77.2 cm³/mol. The van der Waals surface area contributed by atoms with Crippen molar-refractivity contribution < 1.29 is 4.42 Å². The van der Waals surface area contributed by atoms with Gasteiger partial charge in [0.1, 0.15) is 17.0 Å². The van der Waals surface area contributed by atoms with Crippen LogP contribution in [-0.2, 0) is 0 Å². The van der Waals surface area contributed by atoms with Crippen LogP contribution in [0.2, 0.25) is 0 Å². The number of fused-ring (bicyclic) bond motifs is 3. The fourth-order valence-corrected chi connectivity index (χ4v) is 2.18. The molecule has 0 aliphatic carbocycles. The van der Waals surface area contributed by atoms with Gasteiger partial charge in [-0.05, 0) is 48.9 Å². The van der Waals surface area contributed by atoms with Gasteiger partial charge >= 0.3 is 0 Å². The van der Waals surface area contributed by atoms with Crippen molar-refractivity contribution in [2.75, 3.05) is 0 Å². The topological polar surface area (TPSA) is 86.9 Å². The summed E-state index contributed by atoms with van der Waals surface area (Å²) < 4.78 is 5.74. The predicted octanol–water partition coefficient (Wildman–Crippen LogP) is 3.26. The maximum Gasteiger partial charge on any atom is 0.135 e. The number of hydrogen-bond acceptors (Lipinski definition) is 3. The fraction of sp³-hybridized carbons (Fsp3) is 0.0667. The molecule has 0 aliphatic rings. The zero-order valence-corrected chi connectivity index (χ0v) is 10.4. The van der Waals surface area contributed by atoms with E-state index in [1.54, 1.807) is 13.0 Å². The minimum absolute atomic E-state index is 0.0376. The average Bonchev–Trinajstić information content (AvgIpc) is 2.75. The zero-order chi connectivity index (χ0) is 13.6. The van der Waals surface area contributed by atoms with Crippen LogP contribution in [0.3, 0.4) is 0 Å². The van der Waals surface area contributed by atoms with Gasteiger partial charge in [-0.15, -0.1) is 0 Å². The van der Waals surface area contributed by atoms with Crippen molar-refractivity contribution >= 4 is 33.5 Å². The average molecular weight is 251 g/mol. The van der Waals surface area contributed by atoms with Crippen molar-refractivity contribution in [3.8, 4) is 0 Å². The summed E-state index contributed by atoms with van der Waals surface area (Å²) in [5.74, 6) is 0.0376. The molecule has 0 saturated heterocycles. The van der Waals surface area contributed by atoms with Crippen molar-refractivity contribution in [3.05, 3.63) is 47.5 Å². The van der Waals surface area contributed by atoms with Crippen molar-refractivity contribution in [2.24, 2.45) is 5.73 Å². The lowest BCUT2D eigenvalue weighted by molar-refractivity contribution is 0.669. The first-order valence-electron chi connectivity index (χ1n) is 5.92. The van der Waals surface area contributed by atoms with Crippen LogP contribution in [0.5, 0.6) is 0 Å². The fourth-order valence-electron chi connectivity index (χ4n) is 2.18. The van der Waals surface area contributed by atoms with Gasteiger partial charge in [-0.2, -0.15) is 0 Å². The molecule has 4 nitrogen and oxygen atoms in total. The third kappa shape index (κ3) is 1.78. The largest absolute Gasteiger partial charge is 0.456 e. The van der Waals surface area contributed by atoms with Crippen LogP contribution in [0.25, 0.3) is 21.9 Å². The Morgan fingerprint density at radius 2 is 1.47 bits per heavy atom. The highest BCUT2D eigenvalue weighted by Crippen LogP contribution is 2.30. The molecule has 0 fully saturated rings. The number of nitrogen functional groups attached to an aromatic ring is 1. The normalized spacial score (nSPS) is 11.0. The first-order chi connectivity index (χ1) is 9.06. The van der Waals surface area contributed by atoms with Gasteiger partial charge < -0.3 is 15.6 Å². The number of rotatable bonds is 2. The molecule has 4 N–H and O–H groups in total. The van der Waals surface area contributed by atoms with Crippen LogP contribution in [0, 0.1) is 10.8 Å². The molecule has 0 bridgehead atoms. The molecule has 94 valence electrons. The van der Waals surface area contributed by atoms with E-state index in [2.05, 4.69) is 0 Å². The summed E-state index contributed by atoms with van der Waals surface area (Å²) in [5.41, 5.74) is 9.11. The second kappa shape index (κ2) is 3.95. The summed E-state index contributed by atoms with van der Waals surface area (Å²) in [6.45, 7) is 1.75. The van der Waals surface area contributed by atoms with Gasteiger partial charge in [-0.3, -0.25) is 5.41 Å². The number of hydrogen-bond donors (Lipinski definition) is 3. The Bertz CT molecular complexity index is 762. The first kappa shape index (κ1) is 11.5. The molecule has 3 rings (SSSR count). The van der Waals surface area contributed by atoms with Crippen LogP contribution >= 0.6 is 0 Å². The van der Waals surface area contributed by atoms with E-state index in [0.717, 1.165) is 27.5 Å². The molecule has 0 saturated carbocycles. The Kier molecular flexibility index (Phi) is 2.38. The lowest BCUT2D eigenvalue weighted by Gasteiger charge is -1.99. The second-order valence-corrected chi connectivity index (χ2v) is 4.56. The molecule has 1 heterocycles. The Labute approximate surface area is 109 Å². The Hall–Kier alpha value is -2.62. The minimum atomic E-state index is 0.0376. The van der Waals surface area contributed by atoms with Gasteiger partial charge in [0.15, 0.2) is 0 Å². The number of benzene rings is 2. The molecule has 2 aromatic carbocycles. The highest BCUT2D eigenvalue weighted by atomic mass is 16.3. The number of nitrogens with one attached hydrogen (secondary N) is 2. The van der Waals surface area contributed by atoms with Gasteiger partial charge in [0.25, 0.3) is 0 Å². The summed E-state index contributed by atoms with van der Waals surface area (Å²) in [4.78, 5) is 0. The van der Waals surface area contributed by atoms with E-state index < -0.39 is 0 Å². The zero-order valence-electron chi connectivity index (χ0n) is 10.4. The summed E-state index contributed by atoms with van der Waals surface area (Å²) in [5, 5.41) is 17.1. The van der Waals surface area contributed by atoms with E-state index in [9.17, 15) is 0 Å². The highest BCUT2D eigenvalue weighted by Gasteiger charge is 2.09. The van der Waals surface area contributed by atoms with Crippen molar-refractivity contribution in [2.45, 2.75) is 6.92 Å². The Morgan fingerprint density at radius 1 is 0.947 bits per heavy atom. The molecule has 0 atom stereocenters. The maximum absolute atomic E-state index is 7.70. The van der Waals surface area contributed by atoms with Gasteiger partial charge in [0.05, 0.1) is 0 Å². The van der Waals surface area contributed by atoms with Crippen LogP contribution in [0.15, 0.2) is 40.8 Å². The van der Waals surface area contributed by atoms with Gasteiger partial charge in [0, 0.05) is 22.0 Å². The monoisotopic (exact) mass is 251 g/mol. The third-order valence-corrected chi connectivity index (χ3v) is 3.21. The Balaban J connectivity index is 2.37.